The molecular formula is C19H28BrN3. The first-order valence-electron chi connectivity index (χ1n) is 8.65. The van der Waals surface area contributed by atoms with Gasteiger partial charge in [-0.25, -0.2) is 0 Å². The Bertz CT molecular complexity index is 549. The number of hydrogen-bond donors (Lipinski definition) is 0. The van der Waals surface area contributed by atoms with Gasteiger partial charge in [0.25, 0.3) is 0 Å². The number of halogens is 1. The summed E-state index contributed by atoms with van der Waals surface area (Å²) in [4.78, 5) is 6.81. The first kappa shape index (κ1) is 18.1. The van der Waals surface area contributed by atoms with Gasteiger partial charge in [-0.3, -0.25) is 0 Å². The van der Waals surface area contributed by atoms with Gasteiger partial charge in [-0.05, 0) is 41.1 Å². The molecule has 1 aromatic carbocycles. The van der Waals surface area contributed by atoms with Crippen LogP contribution in [0.4, 0.5) is 0 Å². The number of benzene rings is 1. The van der Waals surface area contributed by atoms with Crippen molar-refractivity contribution >= 4 is 0 Å². The standard InChI is InChI=1S/C19H28N3.BrH/c1-15(2)18-10-9-16(3)11-19(18)22-14-21(13-20-22)12-17-7-5-4-6-8-17;/h4-8,15-16,18-19H,9-12,14H2,1-3H3;1H/q+1;/p-1. The normalized spacial score (nSPS) is 26.7. The van der Waals surface area contributed by atoms with Crippen LogP contribution in [-0.2, 0) is 6.54 Å². The second kappa shape index (κ2) is 8.06. The van der Waals surface area contributed by atoms with Gasteiger partial charge in [0, 0.05) is 0 Å². The number of nitrogens with zero attached hydrogens (tertiary/aromatic N) is 3. The van der Waals surface area contributed by atoms with Crippen LogP contribution in [0.15, 0.2) is 30.3 Å². The van der Waals surface area contributed by atoms with Crippen molar-refractivity contribution < 1.29 is 17.0 Å². The Kier molecular flexibility index (Phi) is 6.35. The highest BCUT2D eigenvalue weighted by atomic mass is 79.9. The van der Waals surface area contributed by atoms with Gasteiger partial charge in [-0.1, -0.05) is 57.5 Å². The molecular weight excluding hydrogens is 350 g/mol. The summed E-state index contributed by atoms with van der Waals surface area (Å²) in [6.45, 7) is 8.89. The van der Waals surface area contributed by atoms with Crippen molar-refractivity contribution in [3.05, 3.63) is 40.8 Å². The second-order valence-electron chi connectivity index (χ2n) is 7.36. The van der Waals surface area contributed by atoms with Gasteiger partial charge in [0.05, 0.1) is 6.04 Å². The Morgan fingerprint density at radius 3 is 2.65 bits per heavy atom. The summed E-state index contributed by atoms with van der Waals surface area (Å²) in [5, 5.41) is 2.29. The van der Waals surface area contributed by atoms with Crippen LogP contribution in [0.25, 0.3) is 4.95 Å². The van der Waals surface area contributed by atoms with Crippen LogP contribution >= 0.6 is 0 Å². The number of rotatable bonds is 4. The molecule has 3 atom stereocenters. The van der Waals surface area contributed by atoms with Crippen LogP contribution < -0.4 is 17.0 Å². The molecule has 1 saturated carbocycles. The van der Waals surface area contributed by atoms with Crippen molar-refractivity contribution in [2.75, 3.05) is 6.67 Å². The first-order valence-corrected chi connectivity index (χ1v) is 8.65. The highest BCUT2D eigenvalue weighted by Gasteiger charge is 2.40. The predicted octanol–water partition coefficient (Wildman–Crippen LogP) is 1.43. The molecule has 3 nitrogen and oxygen atoms in total. The summed E-state index contributed by atoms with van der Waals surface area (Å²) in [6, 6.07) is 11.2. The van der Waals surface area contributed by atoms with E-state index in [1.807, 2.05) is 0 Å². The van der Waals surface area contributed by atoms with Gasteiger partial charge in [0.15, 0.2) is 0 Å². The molecule has 1 heterocycles. The maximum atomic E-state index is 4.61. The third-order valence-corrected chi connectivity index (χ3v) is 5.22. The van der Waals surface area contributed by atoms with Gasteiger partial charge < -0.3 is 17.0 Å². The zero-order valence-electron chi connectivity index (χ0n) is 14.5. The fourth-order valence-electron chi connectivity index (χ4n) is 3.92. The molecule has 3 rings (SSSR count). The van der Waals surface area contributed by atoms with Crippen LogP contribution in [0.3, 0.4) is 0 Å². The maximum Gasteiger partial charge on any atom is 0.410 e. The third-order valence-electron chi connectivity index (χ3n) is 5.22. The monoisotopic (exact) mass is 377 g/mol. The van der Waals surface area contributed by atoms with E-state index < -0.39 is 0 Å². The van der Waals surface area contributed by atoms with Crippen LogP contribution in [0.5, 0.6) is 0 Å². The molecule has 1 aromatic rings. The lowest BCUT2D eigenvalue weighted by Gasteiger charge is -2.38. The third kappa shape index (κ3) is 4.41. The Balaban J connectivity index is 0.00000192. The summed E-state index contributed by atoms with van der Waals surface area (Å²) < 4.78 is 0. The van der Waals surface area contributed by atoms with Gasteiger partial charge in [-0.15, -0.1) is 5.01 Å². The highest BCUT2D eigenvalue weighted by molar-refractivity contribution is 5.15. The minimum absolute atomic E-state index is 0. The molecule has 2 aliphatic rings. The van der Waals surface area contributed by atoms with E-state index in [-0.39, 0.29) is 17.0 Å². The van der Waals surface area contributed by atoms with Crippen LogP contribution in [0.1, 0.15) is 45.6 Å². The second-order valence-corrected chi connectivity index (χ2v) is 7.36. The molecule has 1 aliphatic carbocycles. The topological polar surface area (TPSA) is 10.8 Å². The lowest BCUT2D eigenvalue weighted by Crippen LogP contribution is -3.00. The van der Waals surface area contributed by atoms with E-state index in [0.717, 1.165) is 31.0 Å². The van der Waals surface area contributed by atoms with Crippen molar-refractivity contribution in [1.29, 1.82) is 0 Å². The molecule has 0 bridgehead atoms. The highest BCUT2D eigenvalue weighted by Crippen LogP contribution is 2.37. The fraction of sp³-hybridized carbons (Fsp3) is 0.632. The Morgan fingerprint density at radius 1 is 1.22 bits per heavy atom. The largest absolute Gasteiger partial charge is 1.00 e. The minimum atomic E-state index is 0. The van der Waals surface area contributed by atoms with E-state index in [9.17, 15) is 0 Å². The summed E-state index contributed by atoms with van der Waals surface area (Å²) in [5.41, 5.74) is 1.32. The number of hydrogen-bond acceptors (Lipinski definition) is 2. The SMILES string of the molecule is CC1CCC(C(C)C)C(N2CN(Cc3ccccc3)C#[N+]2)C1.[Br-]. The van der Waals surface area contributed by atoms with E-state index in [2.05, 4.69) is 72.2 Å². The van der Waals surface area contributed by atoms with Gasteiger partial charge in [0.2, 0.25) is 6.67 Å². The summed E-state index contributed by atoms with van der Waals surface area (Å²) in [7, 11) is 0. The molecule has 3 unspecified atom stereocenters. The van der Waals surface area contributed by atoms with E-state index >= 15 is 0 Å². The van der Waals surface area contributed by atoms with Crippen LogP contribution in [-0.4, -0.2) is 22.6 Å². The fourth-order valence-corrected chi connectivity index (χ4v) is 3.92. The van der Waals surface area contributed by atoms with Gasteiger partial charge in [0.1, 0.15) is 6.54 Å². The lowest BCUT2D eigenvalue weighted by molar-refractivity contribution is -0.00000519. The average molecular weight is 378 g/mol. The minimum Gasteiger partial charge on any atom is -1.00 e. The zero-order valence-corrected chi connectivity index (χ0v) is 16.0. The van der Waals surface area contributed by atoms with E-state index in [4.69, 9.17) is 0 Å². The molecule has 0 saturated heterocycles. The summed E-state index contributed by atoms with van der Waals surface area (Å²) in [6.07, 6.45) is 7.19. The summed E-state index contributed by atoms with van der Waals surface area (Å²) in [5.74, 6) is 2.31. The first-order chi connectivity index (χ1) is 10.6. The smallest absolute Gasteiger partial charge is 0.410 e. The van der Waals surface area contributed by atoms with Gasteiger partial charge >= 0.3 is 6.19 Å². The Labute approximate surface area is 151 Å². The molecule has 0 N–H and O–H groups in total. The molecule has 0 radical (unpaired) electrons. The maximum absolute atomic E-state index is 4.61. The van der Waals surface area contributed by atoms with Crippen LogP contribution in [0.2, 0.25) is 0 Å². The average Bonchev–Trinajstić information content (AvgIpc) is 2.96. The van der Waals surface area contributed by atoms with E-state index in [1.165, 1.54) is 24.8 Å². The molecule has 0 aromatic heterocycles. The Morgan fingerprint density at radius 2 is 1.96 bits per heavy atom. The molecule has 126 valence electrons. The zero-order chi connectivity index (χ0) is 15.5. The molecule has 23 heavy (non-hydrogen) atoms. The van der Waals surface area contributed by atoms with Crippen molar-refractivity contribution in [3.8, 4) is 6.19 Å². The molecule has 0 spiro atoms. The van der Waals surface area contributed by atoms with Gasteiger partial charge in [-0.2, -0.15) is 4.90 Å². The summed E-state index contributed by atoms with van der Waals surface area (Å²) >= 11 is 0. The van der Waals surface area contributed by atoms with Crippen LogP contribution in [0, 0.1) is 23.9 Å². The van der Waals surface area contributed by atoms with Crippen molar-refractivity contribution in [1.82, 2.24) is 9.91 Å². The Hall–Kier alpha value is -1.21. The molecule has 0 amide bonds. The van der Waals surface area contributed by atoms with Crippen molar-refractivity contribution in [2.24, 2.45) is 17.8 Å². The lowest BCUT2D eigenvalue weighted by atomic mass is 9.74. The van der Waals surface area contributed by atoms with Crippen molar-refractivity contribution in [3.63, 3.8) is 0 Å². The predicted molar refractivity (Wildman–Crippen MR) is 91.1 cm³/mol. The molecule has 4 heteroatoms. The molecule has 1 fully saturated rings. The quantitative estimate of drug-likeness (QED) is 0.735. The molecule has 1 aliphatic heterocycles. The van der Waals surface area contributed by atoms with Crippen molar-refractivity contribution in [2.45, 2.75) is 52.6 Å². The van der Waals surface area contributed by atoms with E-state index in [1.54, 1.807) is 0 Å². The van der Waals surface area contributed by atoms with E-state index in [0.29, 0.717) is 6.04 Å².